The van der Waals surface area contributed by atoms with Crippen LogP contribution in [0.3, 0.4) is 0 Å². The predicted molar refractivity (Wildman–Crippen MR) is 84.2 cm³/mol. The average Bonchev–Trinajstić information content (AvgIpc) is 2.85. The molecule has 4 heteroatoms. The first kappa shape index (κ1) is 15.8. The Morgan fingerprint density at radius 3 is 2.81 bits per heavy atom. The number of ether oxygens (including phenoxy) is 1. The van der Waals surface area contributed by atoms with Crippen molar-refractivity contribution in [3.8, 4) is 5.75 Å². The molecule has 1 aromatic rings. The number of amides is 1. The molecule has 1 atom stereocenters. The van der Waals surface area contributed by atoms with Gasteiger partial charge in [-0.15, -0.1) is 0 Å². The van der Waals surface area contributed by atoms with Gasteiger partial charge in [-0.1, -0.05) is 26.3 Å². The highest BCUT2D eigenvalue weighted by Crippen LogP contribution is 2.26. The van der Waals surface area contributed by atoms with E-state index in [0.717, 1.165) is 37.4 Å². The Morgan fingerprint density at radius 1 is 1.38 bits per heavy atom. The van der Waals surface area contributed by atoms with Crippen molar-refractivity contribution in [2.24, 2.45) is 5.92 Å². The Labute approximate surface area is 127 Å². The monoisotopic (exact) mass is 290 g/mol. The molecule has 4 nitrogen and oxygen atoms in total. The number of benzene rings is 1. The minimum Gasteiger partial charge on any atom is -0.496 e. The molecular weight excluding hydrogens is 264 g/mol. The summed E-state index contributed by atoms with van der Waals surface area (Å²) in [6.45, 7) is 7.56. The molecule has 1 saturated heterocycles. The number of carbonyl (C=O) groups excluding carboxylic acids is 1. The molecule has 2 rings (SSSR count). The zero-order valence-corrected chi connectivity index (χ0v) is 13.3. The van der Waals surface area contributed by atoms with E-state index >= 15 is 0 Å². The van der Waals surface area contributed by atoms with Crippen molar-refractivity contribution in [2.75, 3.05) is 20.2 Å². The van der Waals surface area contributed by atoms with Gasteiger partial charge in [-0.2, -0.15) is 0 Å². The highest BCUT2D eigenvalue weighted by molar-refractivity contribution is 5.78. The number of methoxy groups -OCH3 is 1. The van der Waals surface area contributed by atoms with Crippen molar-refractivity contribution in [1.29, 1.82) is 0 Å². The van der Waals surface area contributed by atoms with E-state index in [0.29, 0.717) is 18.9 Å². The van der Waals surface area contributed by atoms with Crippen LogP contribution < -0.4 is 10.1 Å². The van der Waals surface area contributed by atoms with E-state index < -0.39 is 0 Å². The van der Waals surface area contributed by atoms with E-state index in [2.05, 4.69) is 31.3 Å². The lowest BCUT2D eigenvalue weighted by molar-refractivity contribution is -0.128. The van der Waals surface area contributed by atoms with Crippen LogP contribution in [0.2, 0.25) is 0 Å². The minimum atomic E-state index is 0.265. The Morgan fingerprint density at radius 2 is 2.19 bits per heavy atom. The maximum atomic E-state index is 12.1. The van der Waals surface area contributed by atoms with Gasteiger partial charge in [0, 0.05) is 31.6 Å². The second-order valence-corrected chi connectivity index (χ2v) is 5.68. The topological polar surface area (TPSA) is 41.6 Å². The van der Waals surface area contributed by atoms with E-state index in [9.17, 15) is 4.79 Å². The van der Waals surface area contributed by atoms with Gasteiger partial charge in [0.15, 0.2) is 0 Å². The maximum absolute atomic E-state index is 12.1. The number of hydrogen-bond acceptors (Lipinski definition) is 3. The Balaban J connectivity index is 2.11. The average molecular weight is 290 g/mol. The van der Waals surface area contributed by atoms with Crippen LogP contribution >= 0.6 is 0 Å². The molecule has 1 aliphatic heterocycles. The number of nitrogens with zero attached hydrogens (tertiary/aromatic N) is 1. The lowest BCUT2D eigenvalue weighted by Crippen LogP contribution is -2.25. The number of nitrogens with one attached hydrogen (secondary N) is 1. The SMILES string of the molecule is CCNCc1ccc(OC)c(CN2CC(CC)CC2=O)c1. The van der Waals surface area contributed by atoms with Crippen molar-refractivity contribution in [1.82, 2.24) is 10.2 Å². The van der Waals surface area contributed by atoms with Gasteiger partial charge in [0.2, 0.25) is 5.91 Å². The summed E-state index contributed by atoms with van der Waals surface area (Å²) < 4.78 is 5.45. The molecule has 1 heterocycles. The second-order valence-electron chi connectivity index (χ2n) is 5.68. The van der Waals surface area contributed by atoms with Gasteiger partial charge in [-0.05, 0) is 30.2 Å². The maximum Gasteiger partial charge on any atom is 0.223 e. The molecule has 0 aliphatic carbocycles. The molecule has 1 amide bonds. The van der Waals surface area contributed by atoms with E-state index in [4.69, 9.17) is 4.74 Å². The Kier molecular flexibility index (Phi) is 5.62. The quantitative estimate of drug-likeness (QED) is 0.839. The second kappa shape index (κ2) is 7.46. The van der Waals surface area contributed by atoms with Crippen molar-refractivity contribution >= 4 is 5.91 Å². The third kappa shape index (κ3) is 3.97. The summed E-state index contributed by atoms with van der Waals surface area (Å²) in [5.41, 5.74) is 2.32. The molecule has 1 aliphatic rings. The summed E-state index contributed by atoms with van der Waals surface area (Å²) in [6.07, 6.45) is 1.76. The van der Waals surface area contributed by atoms with Crippen LogP contribution in [0.4, 0.5) is 0 Å². The lowest BCUT2D eigenvalue weighted by Gasteiger charge is -2.19. The van der Waals surface area contributed by atoms with Gasteiger partial charge in [-0.25, -0.2) is 0 Å². The summed E-state index contributed by atoms with van der Waals surface area (Å²) >= 11 is 0. The molecule has 0 radical (unpaired) electrons. The molecule has 1 N–H and O–H groups in total. The Bertz CT molecular complexity index is 488. The summed E-state index contributed by atoms with van der Waals surface area (Å²) in [5.74, 6) is 1.64. The van der Waals surface area contributed by atoms with Crippen LogP contribution in [0.15, 0.2) is 18.2 Å². The van der Waals surface area contributed by atoms with Crippen LogP contribution in [0.25, 0.3) is 0 Å². The van der Waals surface area contributed by atoms with Gasteiger partial charge in [0.25, 0.3) is 0 Å². The van der Waals surface area contributed by atoms with Gasteiger partial charge in [0.1, 0.15) is 5.75 Å². The van der Waals surface area contributed by atoms with E-state index in [-0.39, 0.29) is 5.91 Å². The lowest BCUT2D eigenvalue weighted by atomic mass is 10.1. The fraction of sp³-hybridized carbons (Fsp3) is 0.588. The fourth-order valence-electron chi connectivity index (χ4n) is 2.82. The number of carbonyl (C=O) groups is 1. The predicted octanol–water partition coefficient (Wildman–Crippen LogP) is 2.56. The first-order valence-electron chi connectivity index (χ1n) is 7.82. The molecule has 1 fully saturated rings. The first-order valence-corrected chi connectivity index (χ1v) is 7.82. The molecule has 1 unspecified atom stereocenters. The van der Waals surface area contributed by atoms with Crippen molar-refractivity contribution in [3.63, 3.8) is 0 Å². The molecule has 0 aromatic heterocycles. The number of rotatable bonds is 7. The molecule has 21 heavy (non-hydrogen) atoms. The van der Waals surface area contributed by atoms with Crippen LogP contribution in [0.5, 0.6) is 5.75 Å². The van der Waals surface area contributed by atoms with Crippen LogP contribution in [-0.4, -0.2) is 31.0 Å². The minimum absolute atomic E-state index is 0.265. The third-order valence-electron chi connectivity index (χ3n) is 4.16. The fourth-order valence-corrected chi connectivity index (χ4v) is 2.82. The molecule has 0 spiro atoms. The summed E-state index contributed by atoms with van der Waals surface area (Å²) in [5, 5.41) is 3.33. The van der Waals surface area contributed by atoms with Gasteiger partial charge in [0.05, 0.1) is 7.11 Å². The van der Waals surface area contributed by atoms with Crippen molar-refractivity contribution < 1.29 is 9.53 Å². The van der Waals surface area contributed by atoms with Crippen molar-refractivity contribution in [2.45, 2.75) is 39.8 Å². The van der Waals surface area contributed by atoms with Crippen LogP contribution in [0.1, 0.15) is 37.8 Å². The third-order valence-corrected chi connectivity index (χ3v) is 4.16. The molecular formula is C17H26N2O2. The highest BCUT2D eigenvalue weighted by atomic mass is 16.5. The molecule has 0 saturated carbocycles. The van der Waals surface area contributed by atoms with Gasteiger partial charge < -0.3 is 15.0 Å². The van der Waals surface area contributed by atoms with Gasteiger partial charge in [-0.3, -0.25) is 4.79 Å². The van der Waals surface area contributed by atoms with Crippen molar-refractivity contribution in [3.05, 3.63) is 29.3 Å². The molecule has 1 aromatic carbocycles. The standard InChI is InChI=1S/C17H26N2O2/c1-4-13-9-17(20)19(11-13)12-15-8-14(10-18-5-2)6-7-16(15)21-3/h6-8,13,18H,4-5,9-12H2,1-3H3. The number of likely N-dealkylation sites (tertiary alicyclic amines) is 1. The largest absolute Gasteiger partial charge is 0.496 e. The van der Waals surface area contributed by atoms with E-state index in [1.807, 2.05) is 11.0 Å². The smallest absolute Gasteiger partial charge is 0.223 e. The number of hydrogen-bond donors (Lipinski definition) is 1. The van der Waals surface area contributed by atoms with Gasteiger partial charge >= 0.3 is 0 Å². The summed E-state index contributed by atoms with van der Waals surface area (Å²) in [6, 6.07) is 6.22. The first-order chi connectivity index (χ1) is 10.2. The summed E-state index contributed by atoms with van der Waals surface area (Å²) in [7, 11) is 1.68. The molecule has 116 valence electrons. The summed E-state index contributed by atoms with van der Waals surface area (Å²) in [4.78, 5) is 14.0. The molecule has 0 bridgehead atoms. The Hall–Kier alpha value is -1.55. The van der Waals surface area contributed by atoms with Crippen LogP contribution in [0, 0.1) is 5.92 Å². The highest BCUT2D eigenvalue weighted by Gasteiger charge is 2.28. The van der Waals surface area contributed by atoms with E-state index in [1.54, 1.807) is 7.11 Å². The van der Waals surface area contributed by atoms with E-state index in [1.165, 1.54) is 5.56 Å². The zero-order valence-electron chi connectivity index (χ0n) is 13.3. The normalized spacial score (nSPS) is 18.3. The zero-order chi connectivity index (χ0) is 15.2. The van der Waals surface area contributed by atoms with Crippen LogP contribution in [-0.2, 0) is 17.9 Å².